The molecule has 0 saturated heterocycles. The van der Waals surface area contributed by atoms with Gasteiger partial charge in [-0.3, -0.25) is 0 Å². The lowest BCUT2D eigenvalue weighted by Gasteiger charge is -2.29. The monoisotopic (exact) mass is 294 g/mol. The standard InChI is InChI=1S/C15H15ClO2S/c1-9-7-10(2)19-15(9)14(16)13-8-17-11-5-3-4-6-12(11)18-13/h3-7,13-14H,8H2,1-2H3. The quantitative estimate of drug-likeness (QED) is 0.760. The number of aryl methyl sites for hydroxylation is 2. The second-order valence-electron chi connectivity index (χ2n) is 4.72. The molecule has 0 amide bonds. The van der Waals surface area contributed by atoms with E-state index in [9.17, 15) is 0 Å². The summed E-state index contributed by atoms with van der Waals surface area (Å²) in [5, 5.41) is -0.174. The molecule has 0 radical (unpaired) electrons. The largest absolute Gasteiger partial charge is 0.486 e. The van der Waals surface area contributed by atoms with Crippen molar-refractivity contribution in [3.8, 4) is 11.5 Å². The van der Waals surface area contributed by atoms with Crippen molar-refractivity contribution in [1.29, 1.82) is 0 Å². The number of ether oxygens (including phenoxy) is 2. The first kappa shape index (κ1) is 12.8. The first-order valence-electron chi connectivity index (χ1n) is 6.24. The highest BCUT2D eigenvalue weighted by Crippen LogP contribution is 2.39. The third kappa shape index (κ3) is 2.45. The second-order valence-corrected chi connectivity index (χ2v) is 6.48. The van der Waals surface area contributed by atoms with Gasteiger partial charge in [-0.15, -0.1) is 22.9 Å². The molecule has 2 aromatic rings. The van der Waals surface area contributed by atoms with Crippen LogP contribution in [0.25, 0.3) is 0 Å². The van der Waals surface area contributed by atoms with E-state index in [-0.39, 0.29) is 11.5 Å². The predicted octanol–water partition coefficient (Wildman–Crippen LogP) is 4.48. The van der Waals surface area contributed by atoms with Gasteiger partial charge in [0.15, 0.2) is 17.6 Å². The van der Waals surface area contributed by atoms with Crippen molar-refractivity contribution >= 4 is 22.9 Å². The van der Waals surface area contributed by atoms with Gasteiger partial charge in [0.2, 0.25) is 0 Å². The summed E-state index contributed by atoms with van der Waals surface area (Å²) in [5.74, 6) is 1.57. The van der Waals surface area contributed by atoms with Gasteiger partial charge in [0.25, 0.3) is 0 Å². The molecule has 0 bridgehead atoms. The third-order valence-corrected chi connectivity index (χ3v) is 5.05. The molecule has 0 saturated carbocycles. The molecule has 2 unspecified atom stereocenters. The second kappa shape index (κ2) is 5.06. The predicted molar refractivity (Wildman–Crippen MR) is 78.7 cm³/mol. The fourth-order valence-electron chi connectivity index (χ4n) is 2.28. The minimum atomic E-state index is -0.174. The molecule has 2 nitrogen and oxygen atoms in total. The van der Waals surface area contributed by atoms with E-state index in [1.165, 1.54) is 15.3 Å². The summed E-state index contributed by atoms with van der Waals surface area (Å²) in [6, 6.07) is 9.86. The molecule has 4 heteroatoms. The molecule has 0 fully saturated rings. The summed E-state index contributed by atoms with van der Waals surface area (Å²) >= 11 is 8.31. The van der Waals surface area contributed by atoms with Crippen molar-refractivity contribution in [3.05, 3.63) is 45.6 Å². The molecule has 0 aliphatic carbocycles. The highest BCUT2D eigenvalue weighted by molar-refractivity contribution is 7.12. The van der Waals surface area contributed by atoms with Gasteiger partial charge in [0.1, 0.15) is 12.0 Å². The zero-order valence-electron chi connectivity index (χ0n) is 10.9. The van der Waals surface area contributed by atoms with Crippen molar-refractivity contribution < 1.29 is 9.47 Å². The van der Waals surface area contributed by atoms with Crippen molar-refractivity contribution in [2.45, 2.75) is 25.3 Å². The van der Waals surface area contributed by atoms with Crippen LogP contribution in [0.3, 0.4) is 0 Å². The van der Waals surface area contributed by atoms with Gasteiger partial charge >= 0.3 is 0 Å². The Morgan fingerprint density at radius 3 is 2.68 bits per heavy atom. The zero-order valence-corrected chi connectivity index (χ0v) is 12.4. The van der Waals surface area contributed by atoms with Gasteiger partial charge < -0.3 is 9.47 Å². The maximum atomic E-state index is 6.58. The fourth-order valence-corrected chi connectivity index (χ4v) is 3.78. The van der Waals surface area contributed by atoms with Gasteiger partial charge in [-0.25, -0.2) is 0 Å². The Labute approximate surface area is 121 Å². The molecule has 0 spiro atoms. The summed E-state index contributed by atoms with van der Waals surface area (Å²) in [6.45, 7) is 4.67. The first-order valence-corrected chi connectivity index (χ1v) is 7.50. The Bertz CT molecular complexity index is 594. The Hall–Kier alpha value is -1.19. The molecular weight excluding hydrogens is 280 g/mol. The van der Waals surface area contributed by atoms with E-state index < -0.39 is 0 Å². The molecule has 1 aliphatic rings. The summed E-state index contributed by atoms with van der Waals surface area (Å²) in [7, 11) is 0. The molecule has 2 atom stereocenters. The van der Waals surface area contributed by atoms with Gasteiger partial charge in [-0.05, 0) is 37.6 Å². The third-order valence-electron chi connectivity index (χ3n) is 3.19. The van der Waals surface area contributed by atoms with Crippen molar-refractivity contribution in [2.75, 3.05) is 6.61 Å². The molecule has 0 N–H and O–H groups in total. The lowest BCUT2D eigenvalue weighted by atomic mass is 10.1. The first-order chi connectivity index (χ1) is 9.15. The topological polar surface area (TPSA) is 18.5 Å². The van der Waals surface area contributed by atoms with Crippen LogP contribution in [0.2, 0.25) is 0 Å². The van der Waals surface area contributed by atoms with E-state index in [4.69, 9.17) is 21.1 Å². The van der Waals surface area contributed by atoms with Gasteiger partial charge in [-0.1, -0.05) is 12.1 Å². The molecule has 1 aromatic carbocycles. The van der Waals surface area contributed by atoms with Crippen molar-refractivity contribution in [2.24, 2.45) is 0 Å². The Kier molecular flexibility index (Phi) is 3.42. The van der Waals surface area contributed by atoms with Gasteiger partial charge in [0.05, 0.1) is 0 Å². The van der Waals surface area contributed by atoms with Gasteiger partial charge in [0, 0.05) is 9.75 Å². The highest BCUT2D eigenvalue weighted by Gasteiger charge is 2.30. The average molecular weight is 295 g/mol. The van der Waals surface area contributed by atoms with E-state index >= 15 is 0 Å². The van der Waals surface area contributed by atoms with Crippen LogP contribution in [-0.2, 0) is 0 Å². The zero-order chi connectivity index (χ0) is 13.4. The van der Waals surface area contributed by atoms with Crippen LogP contribution in [-0.4, -0.2) is 12.7 Å². The number of benzene rings is 1. The molecule has 1 aliphatic heterocycles. The van der Waals surface area contributed by atoms with Crippen LogP contribution in [0.5, 0.6) is 11.5 Å². The van der Waals surface area contributed by atoms with Crippen LogP contribution in [0, 0.1) is 13.8 Å². The maximum Gasteiger partial charge on any atom is 0.161 e. The highest BCUT2D eigenvalue weighted by atomic mass is 35.5. The van der Waals surface area contributed by atoms with Gasteiger partial charge in [-0.2, -0.15) is 0 Å². The van der Waals surface area contributed by atoms with Crippen LogP contribution >= 0.6 is 22.9 Å². The Balaban J connectivity index is 1.83. The minimum Gasteiger partial charge on any atom is -0.486 e. The van der Waals surface area contributed by atoms with E-state index in [1.807, 2.05) is 24.3 Å². The lowest BCUT2D eigenvalue weighted by Crippen LogP contribution is -2.32. The molecule has 1 aromatic heterocycles. The molecule has 3 rings (SSSR count). The van der Waals surface area contributed by atoms with Crippen molar-refractivity contribution in [1.82, 2.24) is 0 Å². The number of hydrogen-bond acceptors (Lipinski definition) is 3. The number of para-hydroxylation sites is 2. The minimum absolute atomic E-state index is 0.145. The summed E-state index contributed by atoms with van der Waals surface area (Å²) in [6.07, 6.45) is -0.145. The van der Waals surface area contributed by atoms with E-state index in [0.717, 1.165) is 11.5 Å². The number of fused-ring (bicyclic) bond motifs is 1. The Morgan fingerprint density at radius 1 is 1.26 bits per heavy atom. The smallest absolute Gasteiger partial charge is 0.161 e. The van der Waals surface area contributed by atoms with E-state index in [1.54, 1.807) is 11.3 Å². The van der Waals surface area contributed by atoms with E-state index in [0.29, 0.717) is 6.61 Å². The van der Waals surface area contributed by atoms with Crippen LogP contribution < -0.4 is 9.47 Å². The summed E-state index contributed by atoms with van der Waals surface area (Å²) in [5.41, 5.74) is 1.23. The maximum absolute atomic E-state index is 6.58. The number of rotatable bonds is 2. The summed E-state index contributed by atoms with van der Waals surface area (Å²) in [4.78, 5) is 2.45. The number of hydrogen-bond donors (Lipinski definition) is 0. The molecular formula is C15H15ClO2S. The van der Waals surface area contributed by atoms with Crippen molar-refractivity contribution in [3.63, 3.8) is 0 Å². The Morgan fingerprint density at radius 2 is 2.00 bits per heavy atom. The van der Waals surface area contributed by atoms with Crippen LogP contribution in [0.1, 0.15) is 20.7 Å². The fraction of sp³-hybridized carbons (Fsp3) is 0.333. The lowest BCUT2D eigenvalue weighted by molar-refractivity contribution is 0.0882. The molecule has 2 heterocycles. The van der Waals surface area contributed by atoms with E-state index in [2.05, 4.69) is 19.9 Å². The summed E-state index contributed by atoms with van der Waals surface area (Å²) < 4.78 is 11.7. The molecule has 19 heavy (non-hydrogen) atoms. The average Bonchev–Trinajstić information content (AvgIpc) is 2.76. The number of halogens is 1. The van der Waals surface area contributed by atoms with Crippen LogP contribution in [0.4, 0.5) is 0 Å². The normalized spacial score (nSPS) is 19.2. The molecule has 100 valence electrons. The number of alkyl halides is 1. The SMILES string of the molecule is Cc1cc(C)c(C(Cl)C2COc3ccccc3O2)s1. The van der Waals surface area contributed by atoms with Crippen LogP contribution in [0.15, 0.2) is 30.3 Å². The number of thiophene rings is 1.